The zero-order chi connectivity index (χ0) is 15.0. The van der Waals surface area contributed by atoms with Gasteiger partial charge in [-0.2, -0.15) is 0 Å². The summed E-state index contributed by atoms with van der Waals surface area (Å²) in [5.74, 6) is 0.993. The predicted molar refractivity (Wildman–Crippen MR) is 84.6 cm³/mol. The Hall–Kier alpha value is -1.06. The molecule has 1 rings (SSSR count). The molecule has 0 heterocycles. The summed E-state index contributed by atoms with van der Waals surface area (Å²) in [6.07, 6.45) is 2.15. The van der Waals surface area contributed by atoms with Gasteiger partial charge in [-0.25, -0.2) is 0 Å². The summed E-state index contributed by atoms with van der Waals surface area (Å²) in [5.41, 5.74) is 2.81. The van der Waals surface area contributed by atoms with E-state index in [1.54, 1.807) is 14.2 Å². The first kappa shape index (κ1) is 17.0. The molecule has 0 bridgehead atoms. The minimum atomic E-state index is 0.231. The molecule has 0 saturated heterocycles. The van der Waals surface area contributed by atoms with Crippen molar-refractivity contribution in [3.05, 3.63) is 29.3 Å². The van der Waals surface area contributed by atoms with Crippen LogP contribution in [0.5, 0.6) is 5.75 Å². The molecule has 0 saturated carbocycles. The maximum absolute atomic E-state index is 5.49. The van der Waals surface area contributed by atoms with Crippen LogP contribution in [0.1, 0.15) is 31.4 Å². The highest BCUT2D eigenvalue weighted by Crippen LogP contribution is 2.31. The highest BCUT2D eigenvalue weighted by Gasteiger charge is 2.23. The van der Waals surface area contributed by atoms with Gasteiger partial charge in [-0.3, -0.25) is 0 Å². The Bertz CT molecular complexity index is 406. The maximum Gasteiger partial charge on any atom is 0.122 e. The summed E-state index contributed by atoms with van der Waals surface area (Å²) in [5, 5.41) is 3.48. The molecule has 1 atom stereocenters. The second-order valence-electron chi connectivity index (χ2n) is 5.83. The average Bonchev–Trinajstić information content (AvgIpc) is 2.44. The van der Waals surface area contributed by atoms with Gasteiger partial charge in [0.1, 0.15) is 5.75 Å². The van der Waals surface area contributed by atoms with E-state index in [1.807, 2.05) is 0 Å². The summed E-state index contributed by atoms with van der Waals surface area (Å²) in [6.45, 7) is 9.35. The lowest BCUT2D eigenvalue weighted by Crippen LogP contribution is -2.35. The normalized spacial score (nSPS) is 14.1. The molecular formula is C17H29NO2. The second-order valence-corrected chi connectivity index (χ2v) is 5.83. The summed E-state index contributed by atoms with van der Waals surface area (Å²) in [6, 6.07) is 6.41. The first-order valence-corrected chi connectivity index (χ1v) is 7.38. The molecule has 20 heavy (non-hydrogen) atoms. The number of methoxy groups -OCH3 is 2. The molecule has 0 aromatic heterocycles. The summed E-state index contributed by atoms with van der Waals surface area (Å²) in [4.78, 5) is 0. The van der Waals surface area contributed by atoms with Gasteiger partial charge >= 0.3 is 0 Å². The van der Waals surface area contributed by atoms with E-state index in [4.69, 9.17) is 9.47 Å². The molecule has 3 nitrogen and oxygen atoms in total. The van der Waals surface area contributed by atoms with Crippen LogP contribution >= 0.6 is 0 Å². The summed E-state index contributed by atoms with van der Waals surface area (Å²) >= 11 is 0. The van der Waals surface area contributed by atoms with E-state index in [2.05, 4.69) is 44.3 Å². The number of aryl methyl sites for hydroxylation is 1. The number of ether oxygens (including phenoxy) is 2. The van der Waals surface area contributed by atoms with Crippen molar-refractivity contribution >= 4 is 0 Å². The van der Waals surface area contributed by atoms with Crippen LogP contribution in [0, 0.1) is 12.3 Å². The Labute approximate surface area is 123 Å². The number of benzene rings is 1. The van der Waals surface area contributed by atoms with E-state index in [9.17, 15) is 0 Å². The molecule has 0 aliphatic rings. The van der Waals surface area contributed by atoms with Crippen LogP contribution < -0.4 is 10.1 Å². The van der Waals surface area contributed by atoms with Gasteiger partial charge in [0.05, 0.1) is 13.7 Å². The largest absolute Gasteiger partial charge is 0.496 e. The molecule has 0 spiro atoms. The predicted octanol–water partition coefficient (Wildman–Crippen LogP) is 3.20. The van der Waals surface area contributed by atoms with Crippen LogP contribution in [-0.2, 0) is 11.2 Å². The maximum atomic E-state index is 5.49. The lowest BCUT2D eigenvalue weighted by Gasteiger charge is -2.29. The van der Waals surface area contributed by atoms with Crippen LogP contribution in [0.4, 0.5) is 0 Å². The van der Waals surface area contributed by atoms with E-state index in [0.717, 1.165) is 38.3 Å². The van der Waals surface area contributed by atoms with Crippen molar-refractivity contribution in [3.8, 4) is 5.75 Å². The lowest BCUT2D eigenvalue weighted by atomic mass is 9.80. The average molecular weight is 279 g/mol. The standard InChI is InChI=1S/C17H29NO2/c1-6-17(3,13-18-9-10-19-4)12-15-11-14(2)7-8-16(15)20-5/h7-8,11,18H,6,9-10,12-13H2,1-5H3. The van der Waals surface area contributed by atoms with Crippen molar-refractivity contribution in [1.82, 2.24) is 5.32 Å². The number of rotatable bonds is 9. The van der Waals surface area contributed by atoms with Crippen molar-refractivity contribution in [2.45, 2.75) is 33.6 Å². The Balaban J connectivity index is 2.73. The fraction of sp³-hybridized carbons (Fsp3) is 0.647. The lowest BCUT2D eigenvalue weighted by molar-refractivity contribution is 0.191. The Morgan fingerprint density at radius 2 is 2.00 bits per heavy atom. The summed E-state index contributed by atoms with van der Waals surface area (Å²) in [7, 11) is 3.48. The van der Waals surface area contributed by atoms with Gasteiger partial charge in [0.25, 0.3) is 0 Å². The molecule has 1 aromatic rings. The quantitative estimate of drug-likeness (QED) is 0.704. The highest BCUT2D eigenvalue weighted by atomic mass is 16.5. The molecule has 0 fully saturated rings. The fourth-order valence-electron chi connectivity index (χ4n) is 2.38. The minimum absolute atomic E-state index is 0.231. The van der Waals surface area contributed by atoms with Crippen molar-refractivity contribution in [2.75, 3.05) is 33.9 Å². The summed E-state index contributed by atoms with van der Waals surface area (Å²) < 4.78 is 10.6. The Morgan fingerprint density at radius 1 is 1.25 bits per heavy atom. The van der Waals surface area contributed by atoms with E-state index in [-0.39, 0.29) is 5.41 Å². The van der Waals surface area contributed by atoms with Crippen molar-refractivity contribution in [3.63, 3.8) is 0 Å². The third-order valence-electron chi connectivity index (χ3n) is 3.94. The molecule has 1 unspecified atom stereocenters. The number of hydrogen-bond acceptors (Lipinski definition) is 3. The molecular weight excluding hydrogens is 250 g/mol. The number of hydrogen-bond donors (Lipinski definition) is 1. The monoisotopic (exact) mass is 279 g/mol. The van der Waals surface area contributed by atoms with Crippen LogP contribution in [-0.4, -0.2) is 33.9 Å². The third-order valence-corrected chi connectivity index (χ3v) is 3.94. The van der Waals surface area contributed by atoms with Gasteiger partial charge in [0, 0.05) is 20.2 Å². The molecule has 114 valence electrons. The molecule has 0 aliphatic heterocycles. The molecule has 1 N–H and O–H groups in total. The van der Waals surface area contributed by atoms with E-state index < -0.39 is 0 Å². The molecule has 3 heteroatoms. The molecule has 0 aliphatic carbocycles. The topological polar surface area (TPSA) is 30.5 Å². The third kappa shape index (κ3) is 5.14. The smallest absolute Gasteiger partial charge is 0.122 e. The Kier molecular flexibility index (Phi) is 7.03. The zero-order valence-corrected chi connectivity index (χ0v) is 13.6. The molecule has 1 aromatic carbocycles. The van der Waals surface area contributed by atoms with Gasteiger partial charge < -0.3 is 14.8 Å². The van der Waals surface area contributed by atoms with Gasteiger partial charge in [-0.1, -0.05) is 31.5 Å². The van der Waals surface area contributed by atoms with Crippen LogP contribution in [0.15, 0.2) is 18.2 Å². The van der Waals surface area contributed by atoms with E-state index in [1.165, 1.54) is 11.1 Å². The van der Waals surface area contributed by atoms with Gasteiger partial charge in [0.15, 0.2) is 0 Å². The van der Waals surface area contributed by atoms with Crippen LogP contribution in [0.3, 0.4) is 0 Å². The highest BCUT2D eigenvalue weighted by molar-refractivity contribution is 5.37. The first-order valence-electron chi connectivity index (χ1n) is 7.38. The first-order chi connectivity index (χ1) is 9.54. The molecule has 0 amide bonds. The second kappa shape index (κ2) is 8.28. The van der Waals surface area contributed by atoms with Gasteiger partial charge in [0.2, 0.25) is 0 Å². The Morgan fingerprint density at radius 3 is 2.60 bits per heavy atom. The SMILES string of the molecule is CCC(C)(CNCCOC)Cc1cc(C)ccc1OC. The fourth-order valence-corrected chi connectivity index (χ4v) is 2.38. The van der Waals surface area contributed by atoms with Crippen molar-refractivity contribution < 1.29 is 9.47 Å². The molecule has 0 radical (unpaired) electrons. The van der Waals surface area contributed by atoms with Crippen molar-refractivity contribution in [2.24, 2.45) is 5.41 Å². The zero-order valence-electron chi connectivity index (χ0n) is 13.6. The van der Waals surface area contributed by atoms with E-state index >= 15 is 0 Å². The van der Waals surface area contributed by atoms with Crippen molar-refractivity contribution in [1.29, 1.82) is 0 Å². The minimum Gasteiger partial charge on any atom is -0.496 e. The van der Waals surface area contributed by atoms with Crippen LogP contribution in [0.2, 0.25) is 0 Å². The van der Waals surface area contributed by atoms with E-state index in [0.29, 0.717) is 0 Å². The van der Waals surface area contributed by atoms with Gasteiger partial charge in [-0.15, -0.1) is 0 Å². The number of nitrogens with one attached hydrogen (secondary N) is 1. The van der Waals surface area contributed by atoms with Crippen LogP contribution in [0.25, 0.3) is 0 Å². The van der Waals surface area contributed by atoms with Gasteiger partial charge in [-0.05, 0) is 36.8 Å².